The number of allylic oxidation sites excluding steroid dienone is 2. The second kappa shape index (κ2) is 10.4. The molecule has 33 heavy (non-hydrogen) atoms. The summed E-state index contributed by atoms with van der Waals surface area (Å²) in [6.45, 7) is 8.06. The fourth-order valence-corrected chi connectivity index (χ4v) is 6.80. The summed E-state index contributed by atoms with van der Waals surface area (Å²) in [5.74, 6) is -0.0272. The van der Waals surface area contributed by atoms with Crippen LogP contribution < -0.4 is 0 Å². The van der Waals surface area contributed by atoms with E-state index in [9.17, 15) is 30.6 Å². The largest absolute Gasteiger partial charge is 0.393 e. The molecule has 8 heteroatoms. The van der Waals surface area contributed by atoms with Gasteiger partial charge in [-0.05, 0) is 61.3 Å². The first-order valence-electron chi connectivity index (χ1n) is 12.0. The Morgan fingerprint density at radius 3 is 2.42 bits per heavy atom. The van der Waals surface area contributed by atoms with Crippen molar-refractivity contribution in [3.63, 3.8) is 0 Å². The molecule has 1 saturated heterocycles. The topological polar surface area (TPSA) is 140 Å². The van der Waals surface area contributed by atoms with Crippen molar-refractivity contribution in [2.24, 2.45) is 16.7 Å². The summed E-state index contributed by atoms with van der Waals surface area (Å²) < 4.78 is 11.8. The predicted molar refractivity (Wildman–Crippen MR) is 122 cm³/mol. The first-order chi connectivity index (χ1) is 15.4. The molecule has 0 amide bonds. The Balaban J connectivity index is 1.97. The molecule has 1 heterocycles. The number of rotatable bonds is 7. The molecule has 1 saturated carbocycles. The number of fused-ring (bicyclic) bond motifs is 1. The average Bonchev–Trinajstić information content (AvgIpc) is 2.71. The molecule has 0 spiro atoms. The summed E-state index contributed by atoms with van der Waals surface area (Å²) in [4.78, 5) is 0. The van der Waals surface area contributed by atoms with Crippen molar-refractivity contribution in [2.45, 2.75) is 96.6 Å². The van der Waals surface area contributed by atoms with Gasteiger partial charge in [0.05, 0.1) is 32.0 Å². The highest BCUT2D eigenvalue weighted by atomic mass is 16.7. The molecule has 0 aromatic carbocycles. The standard InChI is InChI=1S/C25H42O8/c1-14(7-8-26)5-6-17-15(12-27)9-19(33-23-21(31)20(30)18(29)13-32-23)22-24(2,3)10-16(28)11-25(17,22)4/h7,16,18-23,26-31H,5-6,8-13H2,1-4H3/b14-7-/t16?,18-,19?,20-,21+,22?,23-,25?/m0/s1. The third-order valence-electron chi connectivity index (χ3n) is 8.05. The van der Waals surface area contributed by atoms with Crippen LogP contribution in [0, 0.1) is 16.7 Å². The monoisotopic (exact) mass is 470 g/mol. The van der Waals surface area contributed by atoms with E-state index in [1.165, 1.54) is 0 Å². The predicted octanol–water partition coefficient (Wildman–Crippen LogP) is 1.03. The molecular formula is C25H42O8. The molecule has 1 aliphatic heterocycles. The first kappa shape index (κ1) is 26.8. The van der Waals surface area contributed by atoms with Gasteiger partial charge in [0.15, 0.2) is 6.29 Å². The Kier molecular flexibility index (Phi) is 8.45. The quantitative estimate of drug-likeness (QED) is 0.303. The van der Waals surface area contributed by atoms with Gasteiger partial charge < -0.3 is 40.1 Å². The van der Waals surface area contributed by atoms with Crippen molar-refractivity contribution in [1.29, 1.82) is 0 Å². The zero-order valence-electron chi connectivity index (χ0n) is 20.3. The molecule has 0 bridgehead atoms. The van der Waals surface area contributed by atoms with Crippen LogP contribution in [0.3, 0.4) is 0 Å². The van der Waals surface area contributed by atoms with Gasteiger partial charge in [-0.25, -0.2) is 0 Å². The molecule has 2 aliphatic carbocycles. The number of hydrogen-bond donors (Lipinski definition) is 6. The second-order valence-corrected chi connectivity index (χ2v) is 11.0. The summed E-state index contributed by atoms with van der Waals surface area (Å²) in [5.41, 5.74) is 2.33. The minimum atomic E-state index is -1.38. The van der Waals surface area contributed by atoms with E-state index < -0.39 is 42.2 Å². The SMILES string of the molecule is C/C(=C/CO)CCC1=C(CO)CC(O[C@@H]2OC[C@H](O)[C@H](O)[C@H]2O)C2C(C)(C)CC(O)CC12C. The molecule has 0 radical (unpaired) electrons. The van der Waals surface area contributed by atoms with Gasteiger partial charge in [0.1, 0.15) is 18.3 Å². The smallest absolute Gasteiger partial charge is 0.186 e. The van der Waals surface area contributed by atoms with Crippen LogP contribution in [0.15, 0.2) is 22.8 Å². The fraction of sp³-hybridized carbons (Fsp3) is 0.840. The Bertz CT molecular complexity index is 747. The van der Waals surface area contributed by atoms with Crippen LogP contribution in [-0.4, -0.2) is 87.3 Å². The number of ether oxygens (including phenoxy) is 2. The van der Waals surface area contributed by atoms with Gasteiger partial charge in [-0.3, -0.25) is 0 Å². The van der Waals surface area contributed by atoms with E-state index >= 15 is 0 Å². The Labute approximate surface area is 196 Å². The zero-order valence-corrected chi connectivity index (χ0v) is 20.3. The van der Waals surface area contributed by atoms with Gasteiger partial charge in [0.25, 0.3) is 0 Å². The minimum absolute atomic E-state index is 0.0104. The number of hydrogen-bond acceptors (Lipinski definition) is 8. The maximum Gasteiger partial charge on any atom is 0.186 e. The normalized spacial score (nSPS) is 41.8. The van der Waals surface area contributed by atoms with E-state index in [1.807, 2.05) is 6.92 Å². The summed E-state index contributed by atoms with van der Waals surface area (Å²) in [6.07, 6.45) is -1.04. The number of aliphatic hydroxyl groups is 6. The molecule has 0 aromatic heterocycles. The van der Waals surface area contributed by atoms with Crippen LogP contribution in [0.4, 0.5) is 0 Å². The van der Waals surface area contributed by atoms with E-state index in [0.717, 1.165) is 23.1 Å². The summed E-state index contributed by atoms with van der Waals surface area (Å²) in [7, 11) is 0. The van der Waals surface area contributed by atoms with Crippen molar-refractivity contribution in [2.75, 3.05) is 19.8 Å². The second-order valence-electron chi connectivity index (χ2n) is 11.0. The van der Waals surface area contributed by atoms with Gasteiger partial charge >= 0.3 is 0 Å². The number of aliphatic hydroxyl groups excluding tert-OH is 6. The van der Waals surface area contributed by atoms with Gasteiger partial charge in [0, 0.05) is 0 Å². The van der Waals surface area contributed by atoms with E-state index in [0.29, 0.717) is 25.7 Å². The average molecular weight is 471 g/mol. The third-order valence-corrected chi connectivity index (χ3v) is 8.05. The summed E-state index contributed by atoms with van der Waals surface area (Å²) in [6, 6.07) is 0. The fourth-order valence-electron chi connectivity index (χ4n) is 6.80. The zero-order chi connectivity index (χ0) is 24.6. The van der Waals surface area contributed by atoms with Gasteiger partial charge in [-0.15, -0.1) is 0 Å². The van der Waals surface area contributed by atoms with Gasteiger partial charge in [0.2, 0.25) is 0 Å². The van der Waals surface area contributed by atoms with Crippen LogP contribution in [0.25, 0.3) is 0 Å². The molecule has 3 rings (SSSR count). The minimum Gasteiger partial charge on any atom is -0.393 e. The highest BCUT2D eigenvalue weighted by molar-refractivity contribution is 5.32. The molecule has 190 valence electrons. The molecule has 6 N–H and O–H groups in total. The van der Waals surface area contributed by atoms with E-state index in [4.69, 9.17) is 9.47 Å². The molecule has 3 aliphatic rings. The van der Waals surface area contributed by atoms with Crippen LogP contribution in [0.5, 0.6) is 0 Å². The molecule has 8 atom stereocenters. The molecule has 0 aromatic rings. The van der Waals surface area contributed by atoms with Crippen molar-refractivity contribution in [1.82, 2.24) is 0 Å². The molecule has 8 nitrogen and oxygen atoms in total. The van der Waals surface area contributed by atoms with Gasteiger partial charge in [-0.1, -0.05) is 38.0 Å². The van der Waals surface area contributed by atoms with Crippen molar-refractivity contribution in [3.8, 4) is 0 Å². The summed E-state index contributed by atoms with van der Waals surface area (Å²) >= 11 is 0. The first-order valence-corrected chi connectivity index (χ1v) is 12.0. The molecule has 4 unspecified atom stereocenters. The lowest BCUT2D eigenvalue weighted by Gasteiger charge is -2.59. The van der Waals surface area contributed by atoms with Crippen molar-refractivity contribution < 1.29 is 40.1 Å². The molecule has 2 fully saturated rings. The maximum atomic E-state index is 10.8. The van der Waals surface area contributed by atoms with Crippen molar-refractivity contribution in [3.05, 3.63) is 22.8 Å². The Hall–Kier alpha value is -0.840. The van der Waals surface area contributed by atoms with Gasteiger partial charge in [-0.2, -0.15) is 0 Å². The lowest BCUT2D eigenvalue weighted by molar-refractivity contribution is -0.297. The van der Waals surface area contributed by atoms with Crippen LogP contribution in [0.2, 0.25) is 0 Å². The van der Waals surface area contributed by atoms with Crippen molar-refractivity contribution >= 4 is 0 Å². The van der Waals surface area contributed by atoms with E-state index in [1.54, 1.807) is 6.08 Å². The Morgan fingerprint density at radius 2 is 1.79 bits per heavy atom. The summed E-state index contributed by atoms with van der Waals surface area (Å²) in [5, 5.41) is 60.7. The highest BCUT2D eigenvalue weighted by Gasteiger charge is 2.57. The lowest BCUT2D eigenvalue weighted by Crippen LogP contribution is -2.59. The third kappa shape index (κ3) is 5.38. The van der Waals surface area contributed by atoms with Crippen LogP contribution in [-0.2, 0) is 9.47 Å². The maximum absolute atomic E-state index is 10.8. The van der Waals surface area contributed by atoms with E-state index in [2.05, 4.69) is 20.8 Å². The molecular weight excluding hydrogens is 428 g/mol. The van der Waals surface area contributed by atoms with Crippen LogP contribution >= 0.6 is 0 Å². The highest BCUT2D eigenvalue weighted by Crippen LogP contribution is 2.61. The lowest BCUT2D eigenvalue weighted by atomic mass is 9.48. The van der Waals surface area contributed by atoms with Crippen LogP contribution in [0.1, 0.15) is 59.8 Å². The Morgan fingerprint density at radius 1 is 1.09 bits per heavy atom. The van der Waals surface area contributed by atoms with E-state index in [-0.39, 0.29) is 31.2 Å².